The van der Waals surface area contributed by atoms with Crippen molar-refractivity contribution in [3.8, 4) is 0 Å². The molecular formula is C16H28N4. The molecule has 3 N–H and O–H groups in total. The van der Waals surface area contributed by atoms with Gasteiger partial charge in [0.05, 0.1) is 0 Å². The Kier molecular flexibility index (Phi) is 4.51. The average Bonchev–Trinajstić information content (AvgIpc) is 2.37. The molecule has 2 unspecified atom stereocenters. The molecular weight excluding hydrogens is 248 g/mol. The molecule has 1 aromatic rings. The fourth-order valence-electron chi connectivity index (χ4n) is 2.95. The van der Waals surface area contributed by atoms with E-state index in [1.165, 1.54) is 32.1 Å². The van der Waals surface area contributed by atoms with Gasteiger partial charge in [-0.05, 0) is 18.8 Å². The molecule has 0 spiro atoms. The lowest BCUT2D eigenvalue weighted by atomic mass is 9.83. The van der Waals surface area contributed by atoms with Gasteiger partial charge in [-0.25, -0.2) is 9.97 Å². The van der Waals surface area contributed by atoms with Crippen molar-refractivity contribution in [2.75, 3.05) is 11.1 Å². The van der Waals surface area contributed by atoms with Crippen LogP contribution in [0.3, 0.4) is 0 Å². The number of nitrogens with zero attached hydrogens (tertiary/aromatic N) is 2. The molecule has 1 fully saturated rings. The van der Waals surface area contributed by atoms with Crippen LogP contribution in [0.4, 0.5) is 11.6 Å². The fraction of sp³-hybridized carbons (Fsp3) is 0.750. The number of nitrogens with two attached hydrogens (primary N) is 1. The monoisotopic (exact) mass is 276 g/mol. The number of nitrogens with one attached hydrogen (secondary N) is 1. The second kappa shape index (κ2) is 5.98. The van der Waals surface area contributed by atoms with Crippen LogP contribution in [-0.2, 0) is 5.41 Å². The Morgan fingerprint density at radius 2 is 1.95 bits per heavy atom. The zero-order valence-corrected chi connectivity index (χ0v) is 13.2. The van der Waals surface area contributed by atoms with Crippen LogP contribution in [0.1, 0.15) is 65.6 Å². The highest BCUT2D eigenvalue weighted by molar-refractivity contribution is 5.46. The summed E-state index contributed by atoms with van der Waals surface area (Å²) < 4.78 is 0. The molecule has 0 amide bonds. The Morgan fingerprint density at radius 3 is 2.60 bits per heavy atom. The van der Waals surface area contributed by atoms with E-state index in [0.29, 0.717) is 11.9 Å². The maximum atomic E-state index is 5.94. The van der Waals surface area contributed by atoms with E-state index in [0.717, 1.165) is 17.6 Å². The fourth-order valence-corrected chi connectivity index (χ4v) is 2.95. The predicted octanol–water partition coefficient (Wildman–Crippen LogP) is 3.74. The smallest absolute Gasteiger partial charge is 0.138 e. The van der Waals surface area contributed by atoms with E-state index >= 15 is 0 Å². The Labute approximate surface area is 122 Å². The highest BCUT2D eigenvalue weighted by Gasteiger charge is 2.25. The zero-order chi connectivity index (χ0) is 14.8. The van der Waals surface area contributed by atoms with Gasteiger partial charge in [-0.2, -0.15) is 0 Å². The van der Waals surface area contributed by atoms with Crippen LogP contribution < -0.4 is 11.1 Å². The Morgan fingerprint density at radius 1 is 1.25 bits per heavy atom. The van der Waals surface area contributed by atoms with E-state index in [4.69, 9.17) is 5.73 Å². The highest BCUT2D eigenvalue weighted by Crippen LogP contribution is 2.30. The third kappa shape index (κ3) is 3.62. The first-order valence-electron chi connectivity index (χ1n) is 7.81. The molecule has 2 rings (SSSR count). The molecule has 0 saturated heterocycles. The van der Waals surface area contributed by atoms with Crippen molar-refractivity contribution < 1.29 is 0 Å². The van der Waals surface area contributed by atoms with Crippen LogP contribution in [0.5, 0.6) is 0 Å². The molecule has 1 saturated carbocycles. The number of aromatic nitrogens is 2. The number of hydrogen-bond acceptors (Lipinski definition) is 4. The van der Waals surface area contributed by atoms with Crippen molar-refractivity contribution in [1.82, 2.24) is 9.97 Å². The van der Waals surface area contributed by atoms with Crippen molar-refractivity contribution in [3.63, 3.8) is 0 Å². The lowest BCUT2D eigenvalue weighted by Gasteiger charge is -2.32. The molecule has 0 aromatic carbocycles. The summed E-state index contributed by atoms with van der Waals surface area (Å²) in [7, 11) is 0. The lowest BCUT2D eigenvalue weighted by Crippen LogP contribution is -2.32. The first-order chi connectivity index (χ1) is 9.40. The number of rotatable bonds is 3. The van der Waals surface area contributed by atoms with Crippen LogP contribution in [-0.4, -0.2) is 16.0 Å². The third-order valence-corrected chi connectivity index (χ3v) is 4.18. The van der Waals surface area contributed by atoms with Gasteiger partial charge in [0.1, 0.15) is 17.5 Å². The summed E-state index contributed by atoms with van der Waals surface area (Å²) in [4.78, 5) is 9.03. The highest BCUT2D eigenvalue weighted by atomic mass is 15.1. The molecule has 1 aliphatic rings. The molecule has 1 aromatic heterocycles. The maximum Gasteiger partial charge on any atom is 0.138 e. The normalized spacial score (nSPS) is 23.6. The standard InChI is InChI=1S/C16H28N4/c1-5-11-8-6-7-9-12(11)18-14-10-13(17)19-15(20-14)16(2,3)4/h10-12H,5-9H2,1-4H3,(H3,17,18,19,20). The van der Waals surface area contributed by atoms with Crippen molar-refractivity contribution in [2.45, 2.75) is 71.3 Å². The average molecular weight is 276 g/mol. The first kappa shape index (κ1) is 15.1. The summed E-state index contributed by atoms with van der Waals surface area (Å²) in [6.07, 6.45) is 6.44. The van der Waals surface area contributed by atoms with Gasteiger partial charge < -0.3 is 11.1 Å². The van der Waals surface area contributed by atoms with Crippen LogP contribution >= 0.6 is 0 Å². The molecule has 112 valence electrons. The molecule has 0 bridgehead atoms. The third-order valence-electron chi connectivity index (χ3n) is 4.18. The van der Waals surface area contributed by atoms with Gasteiger partial charge in [0.25, 0.3) is 0 Å². The minimum atomic E-state index is -0.0808. The topological polar surface area (TPSA) is 63.8 Å². The maximum absolute atomic E-state index is 5.94. The quantitative estimate of drug-likeness (QED) is 0.882. The Balaban J connectivity index is 2.18. The minimum Gasteiger partial charge on any atom is -0.384 e. The Bertz CT molecular complexity index is 450. The molecule has 4 heteroatoms. The summed E-state index contributed by atoms with van der Waals surface area (Å²) in [5, 5.41) is 3.60. The minimum absolute atomic E-state index is 0.0808. The van der Waals surface area contributed by atoms with E-state index in [9.17, 15) is 0 Å². The Hall–Kier alpha value is -1.32. The second-order valence-corrected chi connectivity index (χ2v) is 6.96. The lowest BCUT2D eigenvalue weighted by molar-refractivity contribution is 0.316. The number of anilines is 2. The van der Waals surface area contributed by atoms with E-state index < -0.39 is 0 Å². The molecule has 1 aliphatic carbocycles. The summed E-state index contributed by atoms with van der Waals surface area (Å²) >= 11 is 0. The van der Waals surface area contributed by atoms with Gasteiger partial charge in [0.15, 0.2) is 0 Å². The largest absolute Gasteiger partial charge is 0.384 e. The number of hydrogen-bond donors (Lipinski definition) is 2. The van der Waals surface area contributed by atoms with Gasteiger partial charge in [0.2, 0.25) is 0 Å². The van der Waals surface area contributed by atoms with E-state index in [1.54, 1.807) is 0 Å². The van der Waals surface area contributed by atoms with Crippen molar-refractivity contribution >= 4 is 11.6 Å². The molecule has 20 heavy (non-hydrogen) atoms. The molecule has 4 nitrogen and oxygen atoms in total. The van der Waals surface area contributed by atoms with Crippen LogP contribution in [0.2, 0.25) is 0 Å². The van der Waals surface area contributed by atoms with Gasteiger partial charge in [-0.1, -0.05) is 47.0 Å². The van der Waals surface area contributed by atoms with Crippen LogP contribution in [0, 0.1) is 5.92 Å². The van der Waals surface area contributed by atoms with E-state index in [-0.39, 0.29) is 5.41 Å². The van der Waals surface area contributed by atoms with Crippen LogP contribution in [0.25, 0.3) is 0 Å². The van der Waals surface area contributed by atoms with Gasteiger partial charge in [0, 0.05) is 17.5 Å². The predicted molar refractivity (Wildman–Crippen MR) is 84.8 cm³/mol. The molecule has 2 atom stereocenters. The van der Waals surface area contributed by atoms with Crippen LogP contribution in [0.15, 0.2) is 6.07 Å². The van der Waals surface area contributed by atoms with Crippen molar-refractivity contribution in [1.29, 1.82) is 0 Å². The summed E-state index contributed by atoms with van der Waals surface area (Å²) in [5.74, 6) is 2.99. The molecule has 0 aliphatic heterocycles. The molecule has 1 heterocycles. The number of nitrogen functional groups attached to an aromatic ring is 1. The zero-order valence-electron chi connectivity index (χ0n) is 13.2. The second-order valence-electron chi connectivity index (χ2n) is 6.96. The summed E-state index contributed by atoms with van der Waals surface area (Å²) in [6, 6.07) is 2.38. The van der Waals surface area contributed by atoms with Crippen molar-refractivity contribution in [3.05, 3.63) is 11.9 Å². The van der Waals surface area contributed by atoms with Crippen molar-refractivity contribution in [2.24, 2.45) is 5.92 Å². The first-order valence-corrected chi connectivity index (χ1v) is 7.81. The summed E-state index contributed by atoms with van der Waals surface area (Å²) in [5.41, 5.74) is 5.86. The van der Waals surface area contributed by atoms with Gasteiger partial charge in [-0.15, -0.1) is 0 Å². The summed E-state index contributed by atoms with van der Waals surface area (Å²) in [6.45, 7) is 8.61. The van der Waals surface area contributed by atoms with Gasteiger partial charge >= 0.3 is 0 Å². The van der Waals surface area contributed by atoms with E-state index in [1.807, 2.05) is 6.07 Å². The SMILES string of the molecule is CCC1CCCCC1Nc1cc(N)nc(C(C)(C)C)n1. The van der Waals surface area contributed by atoms with Gasteiger partial charge in [-0.3, -0.25) is 0 Å². The molecule has 0 radical (unpaired) electrons. The van der Waals surface area contributed by atoms with E-state index in [2.05, 4.69) is 43.0 Å².